The van der Waals surface area contributed by atoms with Gasteiger partial charge in [0.25, 0.3) is 0 Å². The van der Waals surface area contributed by atoms with Gasteiger partial charge in [0, 0.05) is 17.6 Å². The smallest absolute Gasteiger partial charge is 0.343 e. The number of hydrogen-bond donors (Lipinski definition) is 2. The number of thioether (sulfide) groups is 1. The lowest BCUT2D eigenvalue weighted by Crippen LogP contribution is -2.22. The molecule has 3 aromatic rings. The highest BCUT2D eigenvalue weighted by Crippen LogP contribution is 2.26. The van der Waals surface area contributed by atoms with Gasteiger partial charge in [0.05, 0.1) is 16.7 Å². The minimum Gasteiger partial charge on any atom is -0.462 e. The Balaban J connectivity index is 1.77. The molecule has 0 unspecified atom stereocenters. The summed E-state index contributed by atoms with van der Waals surface area (Å²) >= 11 is 13.2. The number of rotatable bonds is 7. The number of nitrogens with zero attached hydrogens (tertiary/aromatic N) is 2. The molecule has 0 fully saturated rings. The number of halogens is 2. The van der Waals surface area contributed by atoms with Crippen LogP contribution in [-0.4, -0.2) is 28.6 Å². The van der Waals surface area contributed by atoms with E-state index in [9.17, 15) is 9.59 Å². The van der Waals surface area contributed by atoms with Crippen LogP contribution in [0.2, 0.25) is 10.0 Å². The van der Waals surface area contributed by atoms with Crippen molar-refractivity contribution in [1.29, 1.82) is 0 Å². The van der Waals surface area contributed by atoms with E-state index in [-0.39, 0.29) is 18.0 Å². The zero-order chi connectivity index (χ0) is 22.2. The van der Waals surface area contributed by atoms with Crippen LogP contribution in [0.5, 0.6) is 0 Å². The van der Waals surface area contributed by atoms with Gasteiger partial charge in [-0.1, -0.05) is 65.3 Å². The summed E-state index contributed by atoms with van der Waals surface area (Å²) in [5.41, 5.74) is 1.57. The van der Waals surface area contributed by atoms with Crippen LogP contribution < -0.4 is 10.6 Å². The third-order valence-corrected chi connectivity index (χ3v) is 5.55. The van der Waals surface area contributed by atoms with Gasteiger partial charge in [-0.15, -0.1) is 0 Å². The van der Waals surface area contributed by atoms with Gasteiger partial charge in [-0.25, -0.2) is 19.6 Å². The molecule has 0 bridgehead atoms. The first-order valence-corrected chi connectivity index (χ1v) is 10.9. The highest BCUT2D eigenvalue weighted by molar-refractivity contribution is 7.98. The second-order valence-electron chi connectivity index (χ2n) is 6.12. The van der Waals surface area contributed by atoms with Gasteiger partial charge in [-0.2, -0.15) is 0 Å². The van der Waals surface area contributed by atoms with E-state index in [1.54, 1.807) is 19.1 Å². The molecule has 3 rings (SSSR count). The number of hydrogen-bond acceptors (Lipinski definition) is 6. The van der Waals surface area contributed by atoms with Crippen molar-refractivity contribution in [2.75, 3.05) is 17.2 Å². The Hall–Kier alpha value is -2.81. The molecule has 0 aliphatic carbocycles. The third kappa shape index (κ3) is 6.58. The fourth-order valence-electron chi connectivity index (χ4n) is 2.45. The van der Waals surface area contributed by atoms with Gasteiger partial charge < -0.3 is 10.1 Å². The quantitative estimate of drug-likeness (QED) is 0.250. The molecule has 160 valence electrons. The molecule has 2 N–H and O–H groups in total. The van der Waals surface area contributed by atoms with Gasteiger partial charge in [-0.3, -0.25) is 5.32 Å². The van der Waals surface area contributed by atoms with Crippen LogP contribution in [0.25, 0.3) is 0 Å². The number of ether oxygens (including phenoxy) is 1. The van der Waals surface area contributed by atoms with Crippen molar-refractivity contribution in [3.05, 3.63) is 75.9 Å². The molecule has 0 saturated carbocycles. The summed E-state index contributed by atoms with van der Waals surface area (Å²) in [6.45, 7) is 1.87. The van der Waals surface area contributed by atoms with E-state index in [1.165, 1.54) is 24.0 Å². The second kappa shape index (κ2) is 11.0. The van der Waals surface area contributed by atoms with E-state index < -0.39 is 12.0 Å². The third-order valence-electron chi connectivity index (χ3n) is 3.88. The number of esters is 1. The van der Waals surface area contributed by atoms with Crippen LogP contribution in [0.3, 0.4) is 0 Å². The average Bonchev–Trinajstić information content (AvgIpc) is 2.76. The van der Waals surface area contributed by atoms with Crippen LogP contribution in [0.4, 0.5) is 16.3 Å². The average molecular weight is 477 g/mol. The molecule has 1 heterocycles. The Labute approximate surface area is 193 Å². The number of carbonyl (C=O) groups is 2. The highest BCUT2D eigenvalue weighted by Gasteiger charge is 2.18. The zero-order valence-corrected chi connectivity index (χ0v) is 18.7. The van der Waals surface area contributed by atoms with Crippen molar-refractivity contribution >= 4 is 58.5 Å². The number of anilines is 2. The van der Waals surface area contributed by atoms with E-state index in [4.69, 9.17) is 27.9 Å². The molecule has 2 amide bonds. The van der Waals surface area contributed by atoms with Crippen LogP contribution in [0.15, 0.2) is 59.9 Å². The van der Waals surface area contributed by atoms with Crippen LogP contribution in [0, 0.1) is 0 Å². The standard InChI is InChI=1S/C21H18Cl2N4O3S/c1-2-30-19(28)15-11-24-21(31-12-13-6-4-3-5-7-13)27-18(15)26-20(29)25-14-8-9-16(22)17(23)10-14/h3-11H,2,12H2,1H3,(H2,24,25,26,27,29). The zero-order valence-electron chi connectivity index (χ0n) is 16.4. The van der Waals surface area contributed by atoms with Crippen molar-refractivity contribution in [3.63, 3.8) is 0 Å². The van der Waals surface area contributed by atoms with Gasteiger partial charge >= 0.3 is 12.0 Å². The van der Waals surface area contributed by atoms with Crippen molar-refractivity contribution in [3.8, 4) is 0 Å². The van der Waals surface area contributed by atoms with E-state index in [1.807, 2.05) is 30.3 Å². The molecule has 31 heavy (non-hydrogen) atoms. The second-order valence-corrected chi connectivity index (χ2v) is 7.87. The van der Waals surface area contributed by atoms with Crippen LogP contribution >= 0.6 is 35.0 Å². The van der Waals surface area contributed by atoms with E-state index >= 15 is 0 Å². The summed E-state index contributed by atoms with van der Waals surface area (Å²) in [5.74, 6) is 0.0441. The number of urea groups is 1. The summed E-state index contributed by atoms with van der Waals surface area (Å²) in [7, 11) is 0. The van der Waals surface area contributed by atoms with Gasteiger partial charge in [0.1, 0.15) is 5.56 Å². The molecule has 0 aliphatic rings. The summed E-state index contributed by atoms with van der Waals surface area (Å²) in [4.78, 5) is 33.3. The van der Waals surface area contributed by atoms with Crippen molar-refractivity contribution in [1.82, 2.24) is 9.97 Å². The molecule has 0 atom stereocenters. The first-order chi connectivity index (χ1) is 15.0. The number of aromatic nitrogens is 2. The molecular formula is C21H18Cl2N4O3S. The molecule has 0 saturated heterocycles. The van der Waals surface area contributed by atoms with Gasteiger partial charge in [-0.05, 0) is 30.7 Å². The molecule has 7 nitrogen and oxygen atoms in total. The predicted octanol–water partition coefficient (Wildman–Crippen LogP) is 5.90. The maximum Gasteiger partial charge on any atom is 0.343 e. The number of amides is 2. The van der Waals surface area contributed by atoms with Gasteiger partial charge in [0.15, 0.2) is 11.0 Å². The van der Waals surface area contributed by atoms with Crippen molar-refractivity contribution in [2.45, 2.75) is 17.8 Å². The Morgan fingerprint density at radius 2 is 1.84 bits per heavy atom. The topological polar surface area (TPSA) is 93.2 Å². The maximum absolute atomic E-state index is 12.5. The van der Waals surface area contributed by atoms with Crippen LogP contribution in [0.1, 0.15) is 22.8 Å². The maximum atomic E-state index is 12.5. The first-order valence-electron chi connectivity index (χ1n) is 9.20. The molecular weight excluding hydrogens is 459 g/mol. The minimum absolute atomic E-state index is 0.0431. The molecule has 0 radical (unpaired) electrons. The van der Waals surface area contributed by atoms with E-state index in [0.29, 0.717) is 26.6 Å². The number of benzene rings is 2. The lowest BCUT2D eigenvalue weighted by Gasteiger charge is -2.12. The molecule has 10 heteroatoms. The largest absolute Gasteiger partial charge is 0.462 e. The monoisotopic (exact) mass is 476 g/mol. The predicted molar refractivity (Wildman–Crippen MR) is 123 cm³/mol. The van der Waals surface area contributed by atoms with Crippen molar-refractivity contribution < 1.29 is 14.3 Å². The van der Waals surface area contributed by atoms with Crippen LogP contribution in [-0.2, 0) is 10.5 Å². The van der Waals surface area contributed by atoms with Gasteiger partial charge in [0.2, 0.25) is 0 Å². The molecule has 0 spiro atoms. The fourth-order valence-corrected chi connectivity index (χ4v) is 3.52. The molecule has 1 aromatic heterocycles. The lowest BCUT2D eigenvalue weighted by atomic mass is 10.2. The SMILES string of the molecule is CCOC(=O)c1cnc(SCc2ccccc2)nc1NC(=O)Nc1ccc(Cl)c(Cl)c1. The summed E-state index contributed by atoms with van der Waals surface area (Å²) < 4.78 is 5.04. The van der Waals surface area contributed by atoms with E-state index in [0.717, 1.165) is 5.56 Å². The summed E-state index contributed by atoms with van der Waals surface area (Å²) in [5, 5.41) is 6.27. The summed E-state index contributed by atoms with van der Waals surface area (Å²) in [6, 6.07) is 13.9. The van der Waals surface area contributed by atoms with E-state index in [2.05, 4.69) is 20.6 Å². The van der Waals surface area contributed by atoms with Crippen molar-refractivity contribution in [2.24, 2.45) is 0 Å². The number of nitrogens with one attached hydrogen (secondary N) is 2. The Kier molecular flexibility index (Phi) is 8.11. The molecule has 0 aliphatic heterocycles. The first kappa shape index (κ1) is 22.9. The minimum atomic E-state index is -0.632. The Morgan fingerprint density at radius 1 is 1.06 bits per heavy atom. The highest BCUT2D eigenvalue weighted by atomic mass is 35.5. The number of carbonyl (C=O) groups excluding carboxylic acids is 2. The summed E-state index contributed by atoms with van der Waals surface area (Å²) in [6.07, 6.45) is 1.34. The Bertz CT molecular complexity index is 1080. The molecule has 2 aromatic carbocycles. The Morgan fingerprint density at radius 3 is 2.55 bits per heavy atom. The fraction of sp³-hybridized carbons (Fsp3) is 0.143. The lowest BCUT2D eigenvalue weighted by molar-refractivity contribution is 0.0526. The normalized spacial score (nSPS) is 10.4.